The van der Waals surface area contributed by atoms with E-state index in [2.05, 4.69) is 5.32 Å². The number of hydrogen-bond donors (Lipinski definition) is 1. The molecule has 1 spiro atoms. The summed E-state index contributed by atoms with van der Waals surface area (Å²) >= 11 is 0. The van der Waals surface area contributed by atoms with Gasteiger partial charge < -0.3 is 10.2 Å². The molecule has 3 aliphatic rings. The minimum atomic E-state index is -4.53. The van der Waals surface area contributed by atoms with Crippen molar-refractivity contribution in [3.8, 4) is 0 Å². The van der Waals surface area contributed by atoms with Gasteiger partial charge in [-0.05, 0) is 38.5 Å². The summed E-state index contributed by atoms with van der Waals surface area (Å²) < 4.78 is 38.6. The molecule has 1 heterocycles. The van der Waals surface area contributed by atoms with Crippen LogP contribution in [-0.4, -0.2) is 58.5 Å². The number of urea groups is 1. The molecule has 1 atom stereocenters. The lowest BCUT2D eigenvalue weighted by Crippen LogP contribution is -2.51. The van der Waals surface area contributed by atoms with Gasteiger partial charge in [0.05, 0.1) is 0 Å². The molecule has 0 radical (unpaired) electrons. The predicted octanol–water partition coefficient (Wildman–Crippen LogP) is 2.04. The van der Waals surface area contributed by atoms with Gasteiger partial charge in [-0.3, -0.25) is 14.5 Å². The summed E-state index contributed by atoms with van der Waals surface area (Å²) in [6.45, 7) is -0.413. The Bertz CT molecular complexity index is 583. The van der Waals surface area contributed by atoms with Gasteiger partial charge in [0.15, 0.2) is 0 Å². The third-order valence-electron chi connectivity index (χ3n) is 5.46. The number of nitrogens with zero attached hydrogens (tertiary/aromatic N) is 2. The van der Waals surface area contributed by atoms with Gasteiger partial charge in [-0.2, -0.15) is 13.2 Å². The van der Waals surface area contributed by atoms with Gasteiger partial charge in [0.1, 0.15) is 18.6 Å². The van der Waals surface area contributed by atoms with Crippen LogP contribution in [0.1, 0.15) is 45.4 Å². The molecule has 3 fully saturated rings. The first-order valence-corrected chi connectivity index (χ1v) is 8.63. The van der Waals surface area contributed by atoms with Crippen molar-refractivity contribution < 1.29 is 27.6 Å². The Morgan fingerprint density at radius 3 is 2.44 bits per heavy atom. The van der Waals surface area contributed by atoms with Crippen LogP contribution in [0.2, 0.25) is 0 Å². The highest BCUT2D eigenvalue weighted by molar-refractivity contribution is 6.09. The highest BCUT2D eigenvalue weighted by Crippen LogP contribution is 2.37. The van der Waals surface area contributed by atoms with Crippen LogP contribution in [0.15, 0.2) is 0 Å². The highest BCUT2D eigenvalue weighted by Gasteiger charge is 2.53. The van der Waals surface area contributed by atoms with Crippen LogP contribution in [0.3, 0.4) is 0 Å². The van der Waals surface area contributed by atoms with E-state index in [0.29, 0.717) is 12.8 Å². The second-order valence-corrected chi connectivity index (χ2v) is 7.33. The largest absolute Gasteiger partial charge is 0.406 e. The molecule has 4 amide bonds. The smallest absolute Gasteiger partial charge is 0.329 e. The average molecular weight is 361 g/mol. The monoisotopic (exact) mass is 361 g/mol. The zero-order chi connectivity index (χ0) is 18.4. The topological polar surface area (TPSA) is 69.7 Å². The second kappa shape index (κ2) is 6.17. The number of carbonyl (C=O) groups excluding carboxylic acids is 3. The van der Waals surface area contributed by atoms with Crippen LogP contribution in [0, 0.1) is 5.92 Å². The molecular formula is C16H22F3N3O3. The van der Waals surface area contributed by atoms with Gasteiger partial charge in [-0.1, -0.05) is 12.8 Å². The first kappa shape index (κ1) is 18.0. The fourth-order valence-corrected chi connectivity index (χ4v) is 3.85. The number of imide groups is 1. The van der Waals surface area contributed by atoms with Crippen molar-refractivity contribution in [2.45, 2.75) is 63.2 Å². The first-order chi connectivity index (χ1) is 11.6. The van der Waals surface area contributed by atoms with Crippen LogP contribution >= 0.6 is 0 Å². The number of carbonyl (C=O) groups is 3. The van der Waals surface area contributed by atoms with E-state index >= 15 is 0 Å². The first-order valence-electron chi connectivity index (χ1n) is 8.63. The van der Waals surface area contributed by atoms with Crippen LogP contribution < -0.4 is 5.32 Å². The van der Waals surface area contributed by atoms with Crippen LogP contribution in [0.25, 0.3) is 0 Å². The molecule has 0 aromatic carbocycles. The maximum Gasteiger partial charge on any atom is 0.406 e. The number of hydrogen-bond acceptors (Lipinski definition) is 3. The third kappa shape index (κ3) is 3.59. The maximum absolute atomic E-state index is 12.9. The van der Waals surface area contributed by atoms with Crippen molar-refractivity contribution >= 4 is 17.8 Å². The number of amides is 4. The summed E-state index contributed by atoms with van der Waals surface area (Å²) in [6, 6.07) is -1.25. The minimum absolute atomic E-state index is 0.0515. The van der Waals surface area contributed by atoms with Crippen molar-refractivity contribution in [3.05, 3.63) is 0 Å². The zero-order valence-corrected chi connectivity index (χ0v) is 14.1. The predicted molar refractivity (Wildman–Crippen MR) is 81.4 cm³/mol. The van der Waals surface area contributed by atoms with Gasteiger partial charge in [-0.25, -0.2) is 4.79 Å². The molecule has 25 heavy (non-hydrogen) atoms. The quantitative estimate of drug-likeness (QED) is 0.762. The minimum Gasteiger partial charge on any atom is -0.329 e. The third-order valence-corrected chi connectivity index (χ3v) is 5.46. The fraction of sp³-hybridized carbons (Fsp3) is 0.812. The van der Waals surface area contributed by atoms with E-state index in [9.17, 15) is 27.6 Å². The van der Waals surface area contributed by atoms with Crippen molar-refractivity contribution in [2.24, 2.45) is 5.92 Å². The Hall–Kier alpha value is -1.80. The highest BCUT2D eigenvalue weighted by atomic mass is 19.4. The average Bonchev–Trinajstić information content (AvgIpc) is 3.22. The van der Waals surface area contributed by atoms with Crippen molar-refractivity contribution in [2.75, 3.05) is 13.1 Å². The van der Waals surface area contributed by atoms with Gasteiger partial charge in [-0.15, -0.1) is 0 Å². The summed E-state index contributed by atoms with van der Waals surface area (Å²) in [5.41, 5.74) is -0.964. The molecule has 6 nitrogen and oxygen atoms in total. The number of alkyl halides is 3. The van der Waals surface area contributed by atoms with Crippen LogP contribution in [0.5, 0.6) is 0 Å². The lowest BCUT2D eigenvalue weighted by molar-refractivity contribution is -0.166. The second-order valence-electron chi connectivity index (χ2n) is 7.33. The summed E-state index contributed by atoms with van der Waals surface area (Å²) in [6.07, 6.45) is -0.341. The molecule has 0 aromatic rings. The molecule has 9 heteroatoms. The zero-order valence-electron chi connectivity index (χ0n) is 14.1. The Morgan fingerprint density at radius 2 is 1.92 bits per heavy atom. The van der Waals surface area contributed by atoms with E-state index in [1.54, 1.807) is 6.92 Å². The normalized spacial score (nSPS) is 23.9. The van der Waals surface area contributed by atoms with Crippen molar-refractivity contribution in [1.82, 2.24) is 15.1 Å². The number of nitrogens with one attached hydrogen (secondary N) is 1. The Morgan fingerprint density at radius 1 is 1.32 bits per heavy atom. The maximum atomic E-state index is 12.9. The van der Waals surface area contributed by atoms with E-state index in [4.69, 9.17) is 0 Å². The van der Waals surface area contributed by atoms with Crippen molar-refractivity contribution in [1.29, 1.82) is 0 Å². The van der Waals surface area contributed by atoms with Gasteiger partial charge in [0.2, 0.25) is 5.91 Å². The summed E-state index contributed by atoms with van der Waals surface area (Å²) in [5, 5.41) is 2.63. The molecule has 1 N–H and O–H groups in total. The van der Waals surface area contributed by atoms with E-state index in [1.165, 1.54) is 0 Å². The SMILES string of the molecule is C[C@@H](C1CC1)N(CC(F)(F)F)C(=O)CN1C(=O)NC2(CCCC2)C1=O. The van der Waals surface area contributed by atoms with Gasteiger partial charge >= 0.3 is 12.2 Å². The van der Waals surface area contributed by atoms with Crippen LogP contribution in [0.4, 0.5) is 18.0 Å². The van der Waals surface area contributed by atoms with Crippen LogP contribution in [-0.2, 0) is 9.59 Å². The van der Waals surface area contributed by atoms with E-state index in [0.717, 1.165) is 35.5 Å². The van der Waals surface area contributed by atoms with E-state index in [-0.39, 0.29) is 5.92 Å². The molecule has 0 bridgehead atoms. The lowest BCUT2D eigenvalue weighted by Gasteiger charge is -2.31. The number of halogens is 3. The molecular weight excluding hydrogens is 339 g/mol. The van der Waals surface area contributed by atoms with E-state index < -0.39 is 48.7 Å². The summed E-state index contributed by atoms with van der Waals surface area (Å²) in [7, 11) is 0. The fourth-order valence-electron chi connectivity index (χ4n) is 3.85. The standard InChI is InChI=1S/C16H22F3N3O3/c1-10(11-4-5-11)22(9-16(17,18)19)12(23)8-21-13(24)15(20-14(21)25)6-2-3-7-15/h10-11H,2-9H2,1H3,(H,20,25)/t10-/m0/s1. The lowest BCUT2D eigenvalue weighted by atomic mass is 9.98. The summed E-state index contributed by atoms with van der Waals surface area (Å²) in [4.78, 5) is 38.7. The molecule has 3 rings (SSSR count). The van der Waals surface area contributed by atoms with Crippen molar-refractivity contribution in [3.63, 3.8) is 0 Å². The molecule has 1 saturated heterocycles. The molecule has 2 aliphatic carbocycles. The Balaban J connectivity index is 1.72. The Labute approximate surface area is 143 Å². The molecule has 0 unspecified atom stereocenters. The van der Waals surface area contributed by atoms with Gasteiger partial charge in [0, 0.05) is 6.04 Å². The summed E-state index contributed by atoms with van der Waals surface area (Å²) in [5.74, 6) is -1.28. The van der Waals surface area contributed by atoms with Gasteiger partial charge in [0.25, 0.3) is 5.91 Å². The number of rotatable bonds is 5. The Kier molecular flexibility index (Phi) is 4.45. The molecule has 2 saturated carbocycles. The molecule has 0 aromatic heterocycles. The molecule has 1 aliphatic heterocycles. The van der Waals surface area contributed by atoms with E-state index in [1.807, 2.05) is 0 Å². The molecule has 140 valence electrons.